The molecule has 1 atom stereocenters. The van der Waals surface area contributed by atoms with Crippen molar-refractivity contribution in [1.29, 1.82) is 0 Å². The number of nitrogens with zero attached hydrogens (tertiary/aromatic N) is 1. The number of aromatic nitrogens is 1. The zero-order valence-corrected chi connectivity index (χ0v) is 14.5. The van der Waals surface area contributed by atoms with Gasteiger partial charge in [-0.2, -0.15) is 0 Å². The number of rotatable bonds is 4. The zero-order valence-electron chi connectivity index (χ0n) is 12.9. The molecule has 0 saturated carbocycles. The molecule has 4 nitrogen and oxygen atoms in total. The predicted octanol–water partition coefficient (Wildman–Crippen LogP) is 4.80. The van der Waals surface area contributed by atoms with Crippen molar-refractivity contribution in [1.82, 2.24) is 4.98 Å². The molecule has 0 aliphatic heterocycles. The van der Waals surface area contributed by atoms with Gasteiger partial charge in [0.2, 0.25) is 5.89 Å². The highest BCUT2D eigenvalue weighted by Crippen LogP contribution is 2.30. The molecule has 0 aliphatic rings. The van der Waals surface area contributed by atoms with E-state index in [-0.39, 0.29) is 5.97 Å². The van der Waals surface area contributed by atoms with E-state index in [1.165, 1.54) is 5.56 Å². The van der Waals surface area contributed by atoms with Crippen molar-refractivity contribution >= 4 is 33.0 Å². The third kappa shape index (κ3) is 3.29. The van der Waals surface area contributed by atoms with Gasteiger partial charge in [-0.3, -0.25) is 4.79 Å². The lowest BCUT2D eigenvalue weighted by Gasteiger charge is -2.08. The number of carbonyl (C=O) groups excluding carboxylic acids is 1. The van der Waals surface area contributed by atoms with Gasteiger partial charge in [0.05, 0.1) is 6.61 Å². The van der Waals surface area contributed by atoms with E-state index in [1.54, 1.807) is 6.92 Å². The van der Waals surface area contributed by atoms with E-state index in [1.807, 2.05) is 49.4 Å². The van der Waals surface area contributed by atoms with Crippen molar-refractivity contribution in [3.8, 4) is 11.5 Å². The van der Waals surface area contributed by atoms with E-state index in [0.29, 0.717) is 23.6 Å². The fourth-order valence-corrected chi connectivity index (χ4v) is 2.69. The molecule has 0 aliphatic carbocycles. The Kier molecular flexibility index (Phi) is 4.48. The standard InChI is InChI=1S/C18H16BrNO3/c1-3-22-18(21)16(19)13-8-9-15-14(10-13)20-17(23-15)12-6-4-11(2)5-7-12/h4-10,16H,3H2,1-2H3. The summed E-state index contributed by atoms with van der Waals surface area (Å²) in [6.45, 7) is 4.17. The second-order valence-electron chi connectivity index (χ2n) is 5.23. The van der Waals surface area contributed by atoms with E-state index in [9.17, 15) is 4.79 Å². The molecule has 0 bridgehead atoms. The number of alkyl halides is 1. The van der Waals surface area contributed by atoms with Crippen LogP contribution in [0.15, 0.2) is 46.9 Å². The maximum Gasteiger partial charge on any atom is 0.324 e. The SMILES string of the molecule is CCOC(=O)C(Br)c1ccc2oc(-c3ccc(C)cc3)nc2c1. The number of ether oxygens (including phenoxy) is 1. The molecule has 23 heavy (non-hydrogen) atoms. The van der Waals surface area contributed by atoms with Crippen LogP contribution in [0, 0.1) is 6.92 Å². The van der Waals surface area contributed by atoms with Crippen LogP contribution in [0.4, 0.5) is 0 Å². The first kappa shape index (κ1) is 15.7. The largest absolute Gasteiger partial charge is 0.465 e. The second kappa shape index (κ2) is 6.54. The average Bonchev–Trinajstić information content (AvgIpc) is 2.98. The Balaban J connectivity index is 1.94. The molecule has 2 aromatic carbocycles. The quantitative estimate of drug-likeness (QED) is 0.486. The summed E-state index contributed by atoms with van der Waals surface area (Å²) in [7, 11) is 0. The normalized spacial score (nSPS) is 12.3. The minimum atomic E-state index is -0.508. The molecule has 0 N–H and O–H groups in total. The van der Waals surface area contributed by atoms with E-state index in [4.69, 9.17) is 9.15 Å². The number of aryl methyl sites for hydroxylation is 1. The van der Waals surface area contributed by atoms with Crippen molar-refractivity contribution in [2.24, 2.45) is 0 Å². The molecule has 0 radical (unpaired) electrons. The van der Waals surface area contributed by atoms with Gasteiger partial charge in [-0.15, -0.1) is 0 Å². The monoisotopic (exact) mass is 373 g/mol. The first-order valence-electron chi connectivity index (χ1n) is 7.36. The van der Waals surface area contributed by atoms with E-state index in [2.05, 4.69) is 20.9 Å². The van der Waals surface area contributed by atoms with E-state index in [0.717, 1.165) is 11.1 Å². The molecule has 0 saturated heterocycles. The molecule has 0 amide bonds. The number of hydrogen-bond donors (Lipinski definition) is 0. The molecule has 5 heteroatoms. The topological polar surface area (TPSA) is 52.3 Å². The summed E-state index contributed by atoms with van der Waals surface area (Å²) in [6, 6.07) is 13.5. The van der Waals surface area contributed by atoms with Gasteiger partial charge in [-0.25, -0.2) is 4.98 Å². The van der Waals surface area contributed by atoms with Gasteiger partial charge in [-0.1, -0.05) is 39.7 Å². The Morgan fingerprint density at radius 2 is 2.00 bits per heavy atom. The summed E-state index contributed by atoms with van der Waals surface area (Å²) >= 11 is 3.36. The van der Waals surface area contributed by atoms with Crippen LogP contribution in [-0.4, -0.2) is 17.6 Å². The molecule has 1 unspecified atom stereocenters. The summed E-state index contributed by atoms with van der Waals surface area (Å²) in [5, 5.41) is 0. The van der Waals surface area contributed by atoms with Crippen LogP contribution in [0.5, 0.6) is 0 Å². The lowest BCUT2D eigenvalue weighted by atomic mass is 10.1. The summed E-state index contributed by atoms with van der Waals surface area (Å²) < 4.78 is 10.8. The molecule has 3 rings (SSSR count). The Bertz CT molecular complexity index is 839. The van der Waals surface area contributed by atoms with Gasteiger partial charge in [0.1, 0.15) is 10.3 Å². The Hall–Kier alpha value is -2.14. The minimum Gasteiger partial charge on any atom is -0.465 e. The Morgan fingerprint density at radius 1 is 1.26 bits per heavy atom. The minimum absolute atomic E-state index is 0.311. The third-order valence-electron chi connectivity index (χ3n) is 3.50. The number of benzene rings is 2. The first-order valence-corrected chi connectivity index (χ1v) is 8.28. The number of carbonyl (C=O) groups is 1. The molecule has 3 aromatic rings. The summed E-state index contributed by atoms with van der Waals surface area (Å²) in [4.78, 5) is 15.8. The average molecular weight is 374 g/mol. The van der Waals surface area contributed by atoms with Crippen LogP contribution in [0.2, 0.25) is 0 Å². The van der Waals surface area contributed by atoms with Crippen LogP contribution in [-0.2, 0) is 9.53 Å². The van der Waals surface area contributed by atoms with Gasteiger partial charge >= 0.3 is 5.97 Å². The van der Waals surface area contributed by atoms with Gasteiger partial charge in [0, 0.05) is 5.56 Å². The van der Waals surface area contributed by atoms with Crippen molar-refractivity contribution in [2.75, 3.05) is 6.61 Å². The molecule has 1 heterocycles. The first-order chi connectivity index (χ1) is 11.1. The van der Waals surface area contributed by atoms with E-state index < -0.39 is 4.83 Å². The summed E-state index contributed by atoms with van der Waals surface area (Å²) in [5.74, 6) is 0.258. The van der Waals surface area contributed by atoms with Crippen LogP contribution in [0.1, 0.15) is 22.9 Å². The smallest absolute Gasteiger partial charge is 0.324 e. The lowest BCUT2D eigenvalue weighted by Crippen LogP contribution is -2.10. The molecule has 0 spiro atoms. The summed E-state index contributed by atoms with van der Waals surface area (Å²) in [5.41, 5.74) is 4.30. The number of hydrogen-bond acceptors (Lipinski definition) is 4. The second-order valence-corrected chi connectivity index (χ2v) is 6.14. The van der Waals surface area contributed by atoms with Crippen LogP contribution in [0.3, 0.4) is 0 Å². The number of oxazole rings is 1. The number of fused-ring (bicyclic) bond motifs is 1. The van der Waals surface area contributed by atoms with Gasteiger partial charge in [0.25, 0.3) is 0 Å². The van der Waals surface area contributed by atoms with Gasteiger partial charge < -0.3 is 9.15 Å². The van der Waals surface area contributed by atoms with E-state index >= 15 is 0 Å². The molecular weight excluding hydrogens is 358 g/mol. The zero-order chi connectivity index (χ0) is 16.4. The lowest BCUT2D eigenvalue weighted by molar-refractivity contribution is -0.142. The van der Waals surface area contributed by atoms with Gasteiger partial charge in [0.15, 0.2) is 5.58 Å². The molecular formula is C18H16BrNO3. The number of halogens is 1. The summed E-state index contributed by atoms with van der Waals surface area (Å²) in [6.07, 6.45) is 0. The van der Waals surface area contributed by atoms with Crippen LogP contribution >= 0.6 is 15.9 Å². The Morgan fingerprint density at radius 3 is 2.70 bits per heavy atom. The molecule has 118 valence electrons. The highest BCUT2D eigenvalue weighted by molar-refractivity contribution is 9.09. The fraction of sp³-hybridized carbons (Fsp3) is 0.222. The van der Waals surface area contributed by atoms with Crippen LogP contribution in [0.25, 0.3) is 22.6 Å². The number of esters is 1. The van der Waals surface area contributed by atoms with Crippen molar-refractivity contribution in [2.45, 2.75) is 18.7 Å². The fourth-order valence-electron chi connectivity index (χ4n) is 2.27. The van der Waals surface area contributed by atoms with Gasteiger partial charge in [-0.05, 0) is 43.7 Å². The molecule has 0 fully saturated rings. The third-order valence-corrected chi connectivity index (χ3v) is 4.40. The maximum atomic E-state index is 11.8. The molecule has 1 aromatic heterocycles. The maximum absolute atomic E-state index is 11.8. The van der Waals surface area contributed by atoms with Crippen molar-refractivity contribution in [3.05, 3.63) is 53.6 Å². The highest BCUT2D eigenvalue weighted by atomic mass is 79.9. The highest BCUT2D eigenvalue weighted by Gasteiger charge is 2.19. The van der Waals surface area contributed by atoms with Crippen LogP contribution < -0.4 is 0 Å². The predicted molar refractivity (Wildman–Crippen MR) is 92.5 cm³/mol. The van der Waals surface area contributed by atoms with Crippen molar-refractivity contribution < 1.29 is 13.9 Å². The van der Waals surface area contributed by atoms with Crippen molar-refractivity contribution in [3.63, 3.8) is 0 Å². The Labute approximate surface area is 142 Å².